The fourth-order valence-corrected chi connectivity index (χ4v) is 1.42. The molecule has 0 aliphatic carbocycles. The first-order valence-electron chi connectivity index (χ1n) is 4.47. The number of hydrogen-bond donors (Lipinski definition) is 2. The highest BCUT2D eigenvalue weighted by molar-refractivity contribution is 5.98. The Morgan fingerprint density at radius 3 is 2.69 bits per heavy atom. The maximum absolute atomic E-state index is 12.1. The van der Waals surface area contributed by atoms with Crippen molar-refractivity contribution in [3.05, 3.63) is 24.4 Å². The van der Waals surface area contributed by atoms with E-state index in [1.54, 1.807) is 12.1 Å². The molecule has 0 aliphatic heterocycles. The number of anilines is 2. The Labute approximate surface area is 89.8 Å². The van der Waals surface area contributed by atoms with Gasteiger partial charge < -0.3 is 16.2 Å². The van der Waals surface area contributed by atoms with Crippen molar-refractivity contribution in [1.82, 2.24) is 4.98 Å². The van der Waals surface area contributed by atoms with Gasteiger partial charge in [-0.25, -0.2) is 0 Å². The summed E-state index contributed by atoms with van der Waals surface area (Å²) in [6, 6.07) is 4.60. The highest BCUT2D eigenvalue weighted by Gasteiger charge is 2.11. The second kappa shape index (κ2) is 3.80. The van der Waals surface area contributed by atoms with E-state index < -0.39 is 6.61 Å². The Morgan fingerprint density at radius 1 is 1.25 bits per heavy atom. The number of pyridine rings is 1. The molecule has 1 heterocycles. The van der Waals surface area contributed by atoms with Gasteiger partial charge in [0.2, 0.25) is 0 Å². The van der Waals surface area contributed by atoms with Gasteiger partial charge in [-0.3, -0.25) is 4.98 Å². The number of nitrogen functional groups attached to an aromatic ring is 2. The lowest BCUT2D eigenvalue weighted by molar-refractivity contribution is -0.0489. The normalized spacial score (nSPS) is 10.9. The van der Waals surface area contributed by atoms with Crippen LogP contribution in [0.4, 0.5) is 20.2 Å². The van der Waals surface area contributed by atoms with Gasteiger partial charge in [-0.15, -0.1) is 0 Å². The summed E-state index contributed by atoms with van der Waals surface area (Å²) in [5.74, 6) is -0.0146. The third-order valence-corrected chi connectivity index (χ3v) is 2.15. The molecule has 4 nitrogen and oxygen atoms in total. The number of aromatic nitrogens is 1. The standard InChI is InChI=1S/C10H9F2N3O/c11-10(12)16-7-3-1-2-5-8(14)6(13)4-15-9(5)7/h1-4,10H,13H2,(H2,14,15). The molecule has 4 N–H and O–H groups in total. The number of benzene rings is 1. The summed E-state index contributed by atoms with van der Waals surface area (Å²) in [5.41, 5.74) is 12.2. The van der Waals surface area contributed by atoms with Gasteiger partial charge in [-0.1, -0.05) is 12.1 Å². The molecule has 0 aliphatic rings. The molecule has 0 saturated heterocycles. The Kier molecular flexibility index (Phi) is 2.47. The summed E-state index contributed by atoms with van der Waals surface area (Å²) in [7, 11) is 0. The highest BCUT2D eigenvalue weighted by Crippen LogP contribution is 2.31. The molecule has 0 saturated carbocycles. The minimum atomic E-state index is -2.90. The maximum Gasteiger partial charge on any atom is 0.387 e. The third kappa shape index (κ3) is 1.69. The molecule has 2 rings (SSSR count). The van der Waals surface area contributed by atoms with Crippen LogP contribution in [-0.4, -0.2) is 11.6 Å². The Hall–Kier alpha value is -2.11. The van der Waals surface area contributed by atoms with Crippen LogP contribution in [0.2, 0.25) is 0 Å². The summed E-state index contributed by atoms with van der Waals surface area (Å²) in [6.45, 7) is -2.90. The molecular weight excluding hydrogens is 216 g/mol. The van der Waals surface area contributed by atoms with E-state index in [0.29, 0.717) is 16.8 Å². The highest BCUT2D eigenvalue weighted by atomic mass is 19.3. The molecule has 0 amide bonds. The molecule has 0 atom stereocenters. The van der Waals surface area contributed by atoms with Crippen LogP contribution in [0.1, 0.15) is 0 Å². The topological polar surface area (TPSA) is 74.2 Å². The minimum Gasteiger partial charge on any atom is -0.432 e. The fraction of sp³-hybridized carbons (Fsp3) is 0.100. The average molecular weight is 225 g/mol. The van der Waals surface area contributed by atoms with Crippen LogP contribution in [0.3, 0.4) is 0 Å². The van der Waals surface area contributed by atoms with Crippen LogP contribution in [0.15, 0.2) is 24.4 Å². The number of nitrogens with zero attached hydrogens (tertiary/aromatic N) is 1. The summed E-state index contributed by atoms with van der Waals surface area (Å²) in [6.07, 6.45) is 1.32. The Bertz CT molecular complexity index is 531. The van der Waals surface area contributed by atoms with E-state index in [0.717, 1.165) is 0 Å². The van der Waals surface area contributed by atoms with Crippen LogP contribution < -0.4 is 16.2 Å². The molecular formula is C10H9F2N3O. The Morgan fingerprint density at radius 2 is 2.00 bits per heavy atom. The zero-order valence-electron chi connectivity index (χ0n) is 8.15. The predicted octanol–water partition coefficient (Wildman–Crippen LogP) is 2.00. The van der Waals surface area contributed by atoms with Gasteiger partial charge in [0.05, 0.1) is 17.6 Å². The van der Waals surface area contributed by atoms with E-state index in [4.69, 9.17) is 11.5 Å². The smallest absolute Gasteiger partial charge is 0.387 e. The maximum atomic E-state index is 12.1. The SMILES string of the molecule is Nc1cnc2c(OC(F)F)cccc2c1N. The van der Waals surface area contributed by atoms with Crippen LogP contribution >= 0.6 is 0 Å². The number of ether oxygens (including phenoxy) is 1. The fourth-order valence-electron chi connectivity index (χ4n) is 1.42. The quantitative estimate of drug-likeness (QED) is 0.819. The first-order valence-corrected chi connectivity index (χ1v) is 4.47. The zero-order valence-corrected chi connectivity index (χ0v) is 8.15. The van der Waals surface area contributed by atoms with Crippen LogP contribution in [-0.2, 0) is 0 Å². The number of alkyl halides is 2. The number of rotatable bonds is 2. The molecule has 0 bridgehead atoms. The van der Waals surface area contributed by atoms with Crippen molar-refractivity contribution >= 4 is 22.3 Å². The third-order valence-electron chi connectivity index (χ3n) is 2.15. The first kappa shape index (κ1) is 10.4. The molecule has 84 valence electrons. The largest absolute Gasteiger partial charge is 0.432 e. The average Bonchev–Trinajstić information content (AvgIpc) is 2.23. The molecule has 0 unspecified atom stereocenters. The van der Waals surface area contributed by atoms with E-state index in [9.17, 15) is 8.78 Å². The van der Waals surface area contributed by atoms with Crippen molar-refractivity contribution in [2.24, 2.45) is 0 Å². The molecule has 0 spiro atoms. The molecule has 0 fully saturated rings. The number of nitrogens with two attached hydrogens (primary N) is 2. The van der Waals surface area contributed by atoms with Crippen molar-refractivity contribution in [3.8, 4) is 5.75 Å². The van der Waals surface area contributed by atoms with Gasteiger partial charge >= 0.3 is 6.61 Å². The van der Waals surface area contributed by atoms with Crippen molar-refractivity contribution in [1.29, 1.82) is 0 Å². The number of fused-ring (bicyclic) bond motifs is 1. The van der Waals surface area contributed by atoms with Crippen molar-refractivity contribution in [3.63, 3.8) is 0 Å². The number of para-hydroxylation sites is 1. The number of hydrogen-bond acceptors (Lipinski definition) is 4. The van der Waals surface area contributed by atoms with E-state index in [2.05, 4.69) is 9.72 Å². The van der Waals surface area contributed by atoms with Gasteiger partial charge in [0, 0.05) is 5.39 Å². The monoisotopic (exact) mass is 225 g/mol. The van der Waals surface area contributed by atoms with Gasteiger partial charge in [-0.2, -0.15) is 8.78 Å². The second-order valence-corrected chi connectivity index (χ2v) is 3.16. The van der Waals surface area contributed by atoms with E-state index in [1.807, 2.05) is 0 Å². The zero-order chi connectivity index (χ0) is 11.7. The molecule has 2 aromatic rings. The molecule has 0 radical (unpaired) electrons. The van der Waals surface area contributed by atoms with Crippen LogP contribution in [0, 0.1) is 0 Å². The second-order valence-electron chi connectivity index (χ2n) is 3.16. The van der Waals surface area contributed by atoms with Gasteiger partial charge in [-0.05, 0) is 6.07 Å². The summed E-state index contributed by atoms with van der Waals surface area (Å²) in [5, 5.41) is 0.498. The van der Waals surface area contributed by atoms with Crippen LogP contribution in [0.25, 0.3) is 10.9 Å². The predicted molar refractivity (Wildman–Crippen MR) is 57.2 cm³/mol. The lowest BCUT2D eigenvalue weighted by Crippen LogP contribution is -2.04. The first-order chi connectivity index (χ1) is 7.59. The summed E-state index contributed by atoms with van der Waals surface area (Å²) in [4.78, 5) is 3.93. The van der Waals surface area contributed by atoms with E-state index >= 15 is 0 Å². The van der Waals surface area contributed by atoms with Gasteiger partial charge in [0.1, 0.15) is 5.52 Å². The van der Waals surface area contributed by atoms with Crippen molar-refractivity contribution in [2.45, 2.75) is 6.61 Å². The minimum absolute atomic E-state index is 0.0146. The molecule has 1 aromatic carbocycles. The molecule has 6 heteroatoms. The molecule has 1 aromatic heterocycles. The van der Waals surface area contributed by atoms with Gasteiger partial charge in [0.15, 0.2) is 5.75 Å². The lowest BCUT2D eigenvalue weighted by atomic mass is 10.1. The van der Waals surface area contributed by atoms with Crippen molar-refractivity contribution < 1.29 is 13.5 Å². The van der Waals surface area contributed by atoms with E-state index in [-0.39, 0.29) is 11.3 Å². The molecule has 16 heavy (non-hydrogen) atoms. The van der Waals surface area contributed by atoms with E-state index in [1.165, 1.54) is 12.3 Å². The summed E-state index contributed by atoms with van der Waals surface area (Å²) < 4.78 is 28.6. The van der Waals surface area contributed by atoms with Crippen LogP contribution in [0.5, 0.6) is 5.75 Å². The Balaban J connectivity index is 2.65. The number of halogens is 2. The van der Waals surface area contributed by atoms with Crippen molar-refractivity contribution in [2.75, 3.05) is 11.5 Å². The summed E-state index contributed by atoms with van der Waals surface area (Å²) >= 11 is 0. The van der Waals surface area contributed by atoms with Gasteiger partial charge in [0.25, 0.3) is 0 Å². The lowest BCUT2D eigenvalue weighted by Gasteiger charge is -2.09.